The molecule has 7 nitrogen and oxygen atoms in total. The first-order valence-corrected chi connectivity index (χ1v) is 9.65. The van der Waals surface area contributed by atoms with E-state index in [0.717, 1.165) is 0 Å². The van der Waals surface area contributed by atoms with Gasteiger partial charge >= 0.3 is 35.9 Å². The number of aliphatic carboxylic acids is 1. The van der Waals surface area contributed by atoms with Crippen LogP contribution in [0, 0.1) is 0 Å². The van der Waals surface area contributed by atoms with Crippen LogP contribution in [0.25, 0.3) is 21.8 Å². The number of carbonyl (C=O) groups is 2. The molecule has 3 aromatic carbocycles. The summed E-state index contributed by atoms with van der Waals surface area (Å²) in [4.78, 5) is 23.0. The Kier molecular flexibility index (Phi) is 7.44. The Bertz CT molecular complexity index is 1380. The van der Waals surface area contributed by atoms with Gasteiger partial charge in [0.15, 0.2) is 0 Å². The number of alkyl halides is 3. The van der Waals surface area contributed by atoms with E-state index in [-0.39, 0.29) is 53.2 Å². The topological polar surface area (TPSA) is 107 Å². The Morgan fingerprint density at radius 2 is 1.62 bits per heavy atom. The van der Waals surface area contributed by atoms with Gasteiger partial charge < -0.3 is 29.7 Å². The van der Waals surface area contributed by atoms with Crippen molar-refractivity contribution >= 4 is 33.7 Å². The summed E-state index contributed by atoms with van der Waals surface area (Å²) in [6, 6.07) is 15.3. The number of nitrogens with zero attached hydrogens (tertiary/aromatic N) is 1. The fourth-order valence-electron chi connectivity index (χ4n) is 3.81. The molecule has 0 bridgehead atoms. The van der Waals surface area contributed by atoms with Crippen molar-refractivity contribution in [3.05, 3.63) is 71.8 Å². The summed E-state index contributed by atoms with van der Waals surface area (Å²) in [5.41, 5.74) is 7.39. The van der Waals surface area contributed by atoms with Crippen molar-refractivity contribution in [3.8, 4) is 11.5 Å². The summed E-state index contributed by atoms with van der Waals surface area (Å²) >= 11 is 0. The SMILES string of the molecule is NC(=O)c1cccc2c1c1c(OCC(=O)[O-])cccc1n2Cc1cccc(OC(F)(F)F)c1.[Na+]. The maximum absolute atomic E-state index is 12.6. The zero-order chi connectivity index (χ0) is 23.8. The van der Waals surface area contributed by atoms with E-state index in [1.165, 1.54) is 24.3 Å². The first-order valence-electron chi connectivity index (χ1n) is 9.65. The number of halogens is 3. The molecule has 11 heteroatoms. The number of fused-ring (bicyclic) bond motifs is 3. The zero-order valence-corrected chi connectivity index (χ0v) is 19.9. The van der Waals surface area contributed by atoms with Crippen molar-refractivity contribution < 1.29 is 66.9 Å². The van der Waals surface area contributed by atoms with Gasteiger partial charge in [-0.15, -0.1) is 13.2 Å². The van der Waals surface area contributed by atoms with Gasteiger partial charge in [-0.2, -0.15) is 0 Å². The molecule has 0 atom stereocenters. The van der Waals surface area contributed by atoms with Crippen LogP contribution in [0.2, 0.25) is 0 Å². The molecule has 34 heavy (non-hydrogen) atoms. The van der Waals surface area contributed by atoms with Crippen molar-refractivity contribution in [1.29, 1.82) is 0 Å². The summed E-state index contributed by atoms with van der Waals surface area (Å²) in [5, 5.41) is 11.8. The molecule has 0 saturated heterocycles. The number of aromatic nitrogens is 1. The molecule has 0 radical (unpaired) electrons. The van der Waals surface area contributed by atoms with Gasteiger partial charge in [-0.1, -0.05) is 24.3 Å². The van der Waals surface area contributed by atoms with Crippen molar-refractivity contribution in [3.63, 3.8) is 0 Å². The van der Waals surface area contributed by atoms with E-state index in [4.69, 9.17) is 10.5 Å². The number of carboxylic acid groups (broad SMARTS) is 1. The molecule has 0 aliphatic rings. The van der Waals surface area contributed by atoms with Gasteiger partial charge in [0.25, 0.3) is 0 Å². The third kappa shape index (κ3) is 5.30. The Morgan fingerprint density at radius 3 is 2.26 bits per heavy atom. The van der Waals surface area contributed by atoms with Crippen LogP contribution in [0.4, 0.5) is 13.2 Å². The molecule has 1 heterocycles. The summed E-state index contributed by atoms with van der Waals surface area (Å²) in [5.74, 6) is -2.29. The fraction of sp³-hybridized carbons (Fsp3) is 0.130. The smallest absolute Gasteiger partial charge is 0.546 e. The molecule has 0 saturated carbocycles. The van der Waals surface area contributed by atoms with Crippen molar-refractivity contribution in [2.24, 2.45) is 5.73 Å². The number of hydrogen-bond donors (Lipinski definition) is 1. The predicted molar refractivity (Wildman–Crippen MR) is 111 cm³/mol. The molecular formula is C23H16F3N2NaO5. The zero-order valence-electron chi connectivity index (χ0n) is 17.9. The molecular weight excluding hydrogens is 464 g/mol. The largest absolute Gasteiger partial charge is 1.00 e. The van der Waals surface area contributed by atoms with Crippen LogP contribution in [0.5, 0.6) is 11.5 Å². The van der Waals surface area contributed by atoms with Gasteiger partial charge in [-0.3, -0.25) is 4.79 Å². The second-order valence-corrected chi connectivity index (χ2v) is 7.16. The minimum Gasteiger partial charge on any atom is -0.546 e. The van der Waals surface area contributed by atoms with E-state index < -0.39 is 24.8 Å². The Hall–Kier alpha value is -3.21. The quantitative estimate of drug-likeness (QED) is 0.374. The predicted octanol–water partition coefficient (Wildman–Crippen LogP) is -0.0270. The minimum absolute atomic E-state index is 0. The molecule has 0 aliphatic heterocycles. The van der Waals surface area contributed by atoms with Crippen LogP contribution < -0.4 is 49.9 Å². The first-order chi connectivity index (χ1) is 15.6. The van der Waals surface area contributed by atoms with Crippen molar-refractivity contribution in [1.82, 2.24) is 4.57 Å². The molecule has 2 N–H and O–H groups in total. The second kappa shape index (κ2) is 9.96. The number of carbonyl (C=O) groups excluding carboxylic acids is 2. The maximum Gasteiger partial charge on any atom is 1.00 e. The Balaban J connectivity index is 0.00000324. The van der Waals surface area contributed by atoms with Gasteiger partial charge in [0.05, 0.1) is 22.4 Å². The Morgan fingerprint density at radius 1 is 0.971 bits per heavy atom. The Labute approximate surface area is 213 Å². The number of primary amides is 1. The van der Waals surface area contributed by atoms with E-state index in [9.17, 15) is 27.9 Å². The van der Waals surface area contributed by atoms with Crippen LogP contribution in [0.1, 0.15) is 15.9 Å². The van der Waals surface area contributed by atoms with Crippen molar-refractivity contribution in [2.45, 2.75) is 12.9 Å². The molecule has 0 fully saturated rings. The summed E-state index contributed by atoms with van der Waals surface area (Å²) in [7, 11) is 0. The van der Waals surface area contributed by atoms with E-state index in [0.29, 0.717) is 27.4 Å². The number of amides is 1. The number of benzene rings is 3. The normalized spacial score (nSPS) is 11.3. The number of nitrogens with two attached hydrogens (primary N) is 1. The van der Waals surface area contributed by atoms with Gasteiger partial charge in [-0.25, -0.2) is 0 Å². The third-order valence-corrected chi connectivity index (χ3v) is 4.96. The standard InChI is InChI=1S/C23H17F3N2O5.Na/c24-23(25,26)33-14-5-1-4-13(10-14)11-28-16-7-2-6-15(22(27)31)20(16)21-17(28)8-3-9-18(21)32-12-19(29)30;/h1-10H,11-12H2,(H2,27,31)(H,29,30);/q;+1/p-1. The summed E-state index contributed by atoms with van der Waals surface area (Å²) < 4.78 is 49.1. The van der Waals surface area contributed by atoms with Crippen LogP contribution in [-0.4, -0.2) is 29.4 Å². The number of carboxylic acids is 1. The minimum atomic E-state index is -4.83. The van der Waals surface area contributed by atoms with Crippen LogP contribution in [0.15, 0.2) is 60.7 Å². The maximum atomic E-state index is 12.6. The van der Waals surface area contributed by atoms with E-state index in [2.05, 4.69) is 4.74 Å². The van der Waals surface area contributed by atoms with Crippen LogP contribution >= 0.6 is 0 Å². The fourth-order valence-corrected chi connectivity index (χ4v) is 3.81. The molecule has 0 aliphatic carbocycles. The molecule has 4 aromatic rings. The second-order valence-electron chi connectivity index (χ2n) is 7.16. The molecule has 0 unspecified atom stereocenters. The van der Waals surface area contributed by atoms with E-state index in [1.54, 1.807) is 41.0 Å². The van der Waals surface area contributed by atoms with Crippen LogP contribution in [-0.2, 0) is 11.3 Å². The van der Waals surface area contributed by atoms with Gasteiger partial charge in [-0.05, 0) is 42.0 Å². The average Bonchev–Trinajstić information content (AvgIpc) is 3.05. The molecule has 0 spiro atoms. The summed E-state index contributed by atoms with van der Waals surface area (Å²) in [6.45, 7) is -0.581. The number of ether oxygens (including phenoxy) is 2. The number of rotatable bonds is 7. The van der Waals surface area contributed by atoms with Gasteiger partial charge in [0, 0.05) is 17.5 Å². The van der Waals surface area contributed by atoms with Gasteiger partial charge in [0.2, 0.25) is 5.91 Å². The van der Waals surface area contributed by atoms with Crippen LogP contribution in [0.3, 0.4) is 0 Å². The molecule has 1 aromatic heterocycles. The average molecular weight is 480 g/mol. The van der Waals surface area contributed by atoms with E-state index >= 15 is 0 Å². The molecule has 4 rings (SSSR count). The molecule has 1 amide bonds. The number of hydrogen-bond acceptors (Lipinski definition) is 5. The van der Waals surface area contributed by atoms with Crippen molar-refractivity contribution in [2.75, 3.05) is 6.61 Å². The summed E-state index contributed by atoms with van der Waals surface area (Å²) in [6.07, 6.45) is -4.83. The first kappa shape index (κ1) is 25.4. The van der Waals surface area contributed by atoms with Gasteiger partial charge in [0.1, 0.15) is 18.1 Å². The monoisotopic (exact) mass is 480 g/mol. The molecule has 170 valence electrons. The van der Waals surface area contributed by atoms with E-state index in [1.807, 2.05) is 0 Å². The third-order valence-electron chi connectivity index (χ3n) is 4.96.